The Kier molecular flexibility index (Phi) is 3.84. The van der Waals surface area contributed by atoms with E-state index in [4.69, 9.17) is 0 Å². The third kappa shape index (κ3) is 2.99. The molecule has 4 rings (SSSR count). The summed E-state index contributed by atoms with van der Waals surface area (Å²) in [6.45, 7) is 0. The SMILES string of the molecule is CN1c2ccccc2Nc2nnc(N=Cc3cc([N+](=O)[O-])ccc3O)nc21. The number of hydrogen-bond donors (Lipinski definition) is 2. The Bertz CT molecular complexity index is 1080. The highest BCUT2D eigenvalue weighted by molar-refractivity contribution is 5.88. The van der Waals surface area contributed by atoms with E-state index in [9.17, 15) is 15.2 Å². The number of nitro benzene ring substituents is 1. The van der Waals surface area contributed by atoms with Crippen LogP contribution in [0.3, 0.4) is 0 Å². The second-order valence-electron chi connectivity index (χ2n) is 5.74. The second kappa shape index (κ2) is 6.33. The quantitative estimate of drug-likeness (QED) is 0.412. The fourth-order valence-corrected chi connectivity index (χ4v) is 2.68. The van der Waals surface area contributed by atoms with Crippen molar-refractivity contribution >= 4 is 40.9 Å². The van der Waals surface area contributed by atoms with Gasteiger partial charge in [-0.2, -0.15) is 4.98 Å². The lowest BCUT2D eigenvalue weighted by atomic mass is 10.2. The lowest BCUT2D eigenvalue weighted by molar-refractivity contribution is -0.384. The molecule has 0 fully saturated rings. The van der Waals surface area contributed by atoms with Crippen LogP contribution in [0.1, 0.15) is 5.56 Å². The lowest BCUT2D eigenvalue weighted by Gasteiger charge is -2.28. The number of phenolic OH excluding ortho intramolecular Hbond substituents is 1. The van der Waals surface area contributed by atoms with Crippen molar-refractivity contribution in [1.82, 2.24) is 15.2 Å². The van der Waals surface area contributed by atoms with E-state index in [1.165, 1.54) is 24.4 Å². The summed E-state index contributed by atoms with van der Waals surface area (Å²) in [5, 5.41) is 31.9. The van der Waals surface area contributed by atoms with Gasteiger partial charge in [0.25, 0.3) is 11.6 Å². The first-order valence-electron chi connectivity index (χ1n) is 7.89. The van der Waals surface area contributed by atoms with Gasteiger partial charge in [-0.1, -0.05) is 12.1 Å². The topological polar surface area (TPSA) is 130 Å². The summed E-state index contributed by atoms with van der Waals surface area (Å²) in [5.74, 6) is 0.961. The third-order valence-electron chi connectivity index (χ3n) is 4.03. The maximum absolute atomic E-state index is 10.9. The minimum absolute atomic E-state index is 0.0627. The number of nitrogens with zero attached hydrogens (tertiary/aromatic N) is 6. The number of rotatable bonds is 3. The number of hydrogen-bond acceptors (Lipinski definition) is 9. The average molecular weight is 363 g/mol. The van der Waals surface area contributed by atoms with Crippen molar-refractivity contribution in [2.75, 3.05) is 17.3 Å². The highest BCUT2D eigenvalue weighted by Crippen LogP contribution is 2.40. The largest absolute Gasteiger partial charge is 0.507 e. The van der Waals surface area contributed by atoms with E-state index in [1.807, 2.05) is 36.2 Å². The molecule has 0 radical (unpaired) electrons. The molecule has 0 aliphatic carbocycles. The van der Waals surface area contributed by atoms with E-state index in [-0.39, 0.29) is 22.9 Å². The number of aromatic nitrogens is 3. The number of anilines is 4. The highest BCUT2D eigenvalue weighted by atomic mass is 16.6. The second-order valence-corrected chi connectivity index (χ2v) is 5.74. The van der Waals surface area contributed by atoms with Crippen LogP contribution in [-0.2, 0) is 0 Å². The minimum Gasteiger partial charge on any atom is -0.507 e. The first-order valence-corrected chi connectivity index (χ1v) is 7.89. The molecule has 0 atom stereocenters. The molecule has 0 spiro atoms. The Morgan fingerprint density at radius 2 is 2.07 bits per heavy atom. The number of aliphatic imine (C=N–C) groups is 1. The van der Waals surface area contributed by atoms with Crippen LogP contribution in [0, 0.1) is 10.1 Å². The fourth-order valence-electron chi connectivity index (χ4n) is 2.68. The summed E-state index contributed by atoms with van der Waals surface area (Å²) in [6.07, 6.45) is 1.26. The summed E-state index contributed by atoms with van der Waals surface area (Å²) >= 11 is 0. The van der Waals surface area contributed by atoms with Gasteiger partial charge in [0.15, 0.2) is 11.6 Å². The minimum atomic E-state index is -0.550. The summed E-state index contributed by atoms with van der Waals surface area (Å²) in [5.41, 5.74) is 1.85. The van der Waals surface area contributed by atoms with Crippen molar-refractivity contribution in [3.05, 3.63) is 58.1 Å². The molecule has 0 saturated carbocycles. The van der Waals surface area contributed by atoms with E-state index < -0.39 is 4.92 Å². The van der Waals surface area contributed by atoms with Crippen molar-refractivity contribution in [2.24, 2.45) is 4.99 Å². The summed E-state index contributed by atoms with van der Waals surface area (Å²) in [7, 11) is 1.85. The maximum Gasteiger partial charge on any atom is 0.271 e. The monoisotopic (exact) mass is 363 g/mol. The number of nitrogens with one attached hydrogen (secondary N) is 1. The van der Waals surface area contributed by atoms with Crippen LogP contribution in [0.25, 0.3) is 0 Å². The van der Waals surface area contributed by atoms with Crippen LogP contribution >= 0.6 is 0 Å². The van der Waals surface area contributed by atoms with Gasteiger partial charge in [-0.15, -0.1) is 10.2 Å². The van der Waals surface area contributed by atoms with Gasteiger partial charge >= 0.3 is 0 Å². The van der Waals surface area contributed by atoms with Gasteiger partial charge in [0.1, 0.15) is 5.75 Å². The molecule has 1 aromatic heterocycles. The van der Waals surface area contributed by atoms with Crippen LogP contribution in [0.5, 0.6) is 5.75 Å². The number of nitro groups is 1. The van der Waals surface area contributed by atoms with Crippen LogP contribution in [0.2, 0.25) is 0 Å². The maximum atomic E-state index is 10.9. The van der Waals surface area contributed by atoms with Gasteiger partial charge < -0.3 is 15.3 Å². The van der Waals surface area contributed by atoms with Crippen molar-refractivity contribution in [2.45, 2.75) is 0 Å². The number of fused-ring (bicyclic) bond motifs is 2. The first kappa shape index (κ1) is 16.4. The standard InChI is InChI=1S/C17H13N7O3/c1-23-13-5-3-2-4-12(13)19-15-16(23)20-17(22-21-15)18-9-10-8-11(24(26)27)6-7-14(10)25/h2-9,25H,1H3,(H,19,21). The molecule has 134 valence electrons. The van der Waals surface area contributed by atoms with E-state index in [1.54, 1.807) is 0 Å². The van der Waals surface area contributed by atoms with Crippen molar-refractivity contribution in [3.63, 3.8) is 0 Å². The van der Waals surface area contributed by atoms with Gasteiger partial charge in [0.05, 0.1) is 16.3 Å². The van der Waals surface area contributed by atoms with Gasteiger partial charge in [-0.05, 0) is 18.2 Å². The van der Waals surface area contributed by atoms with E-state index >= 15 is 0 Å². The van der Waals surface area contributed by atoms with Crippen LogP contribution in [0.15, 0.2) is 47.5 Å². The molecule has 10 nitrogen and oxygen atoms in total. The zero-order valence-electron chi connectivity index (χ0n) is 14.1. The van der Waals surface area contributed by atoms with E-state index in [0.717, 1.165) is 11.4 Å². The molecule has 0 unspecified atom stereocenters. The predicted octanol–water partition coefficient (Wildman–Crippen LogP) is 3.06. The molecule has 3 aromatic rings. The zero-order chi connectivity index (χ0) is 19.0. The number of para-hydroxylation sites is 2. The van der Waals surface area contributed by atoms with Crippen LogP contribution in [-0.4, -0.2) is 38.5 Å². The number of phenols is 1. The molecule has 0 bridgehead atoms. The number of aromatic hydroxyl groups is 1. The normalized spacial score (nSPS) is 12.4. The Balaban J connectivity index is 1.66. The smallest absolute Gasteiger partial charge is 0.271 e. The molecule has 10 heteroatoms. The highest BCUT2D eigenvalue weighted by Gasteiger charge is 2.22. The number of benzene rings is 2. The van der Waals surface area contributed by atoms with Crippen molar-refractivity contribution in [3.8, 4) is 5.75 Å². The number of non-ortho nitro benzene ring substituents is 1. The Morgan fingerprint density at radius 1 is 1.26 bits per heavy atom. The molecule has 0 saturated heterocycles. The van der Waals surface area contributed by atoms with Crippen molar-refractivity contribution in [1.29, 1.82) is 0 Å². The molecular weight excluding hydrogens is 350 g/mol. The van der Waals surface area contributed by atoms with E-state index in [2.05, 4.69) is 25.5 Å². The lowest BCUT2D eigenvalue weighted by Crippen LogP contribution is -2.20. The summed E-state index contributed by atoms with van der Waals surface area (Å²) in [4.78, 5) is 20.6. The van der Waals surface area contributed by atoms with Crippen molar-refractivity contribution < 1.29 is 10.0 Å². The average Bonchev–Trinajstić information content (AvgIpc) is 2.67. The Morgan fingerprint density at radius 3 is 2.89 bits per heavy atom. The van der Waals surface area contributed by atoms with Gasteiger partial charge in [0, 0.05) is 31.0 Å². The van der Waals surface area contributed by atoms with Gasteiger partial charge in [0.2, 0.25) is 0 Å². The molecule has 27 heavy (non-hydrogen) atoms. The molecule has 0 amide bonds. The summed E-state index contributed by atoms with van der Waals surface area (Å²) in [6, 6.07) is 11.4. The Labute approximate surface area is 153 Å². The zero-order valence-corrected chi connectivity index (χ0v) is 14.1. The molecule has 1 aliphatic rings. The van der Waals surface area contributed by atoms with Gasteiger partial charge in [-0.25, -0.2) is 4.99 Å². The van der Waals surface area contributed by atoms with E-state index in [0.29, 0.717) is 11.6 Å². The molecule has 2 N–H and O–H groups in total. The summed E-state index contributed by atoms with van der Waals surface area (Å²) < 4.78 is 0. The molecule has 2 heterocycles. The Hall–Kier alpha value is -4.08. The van der Waals surface area contributed by atoms with Crippen LogP contribution in [0.4, 0.5) is 34.6 Å². The first-order chi connectivity index (χ1) is 13.0. The predicted molar refractivity (Wildman–Crippen MR) is 99.6 cm³/mol. The molecule has 1 aliphatic heterocycles. The molecular formula is C17H13N7O3. The van der Waals surface area contributed by atoms with Gasteiger partial charge in [-0.3, -0.25) is 10.1 Å². The molecule has 2 aromatic carbocycles. The third-order valence-corrected chi connectivity index (χ3v) is 4.03. The van der Waals surface area contributed by atoms with Crippen LogP contribution < -0.4 is 10.2 Å². The fraction of sp³-hybridized carbons (Fsp3) is 0.0588.